The van der Waals surface area contributed by atoms with Crippen LogP contribution in [0.15, 0.2) is 35.7 Å². The van der Waals surface area contributed by atoms with Crippen molar-refractivity contribution in [3.8, 4) is 5.75 Å². The predicted octanol–water partition coefficient (Wildman–Crippen LogP) is 3.76. The molecule has 0 saturated heterocycles. The number of hydrogen-bond donors (Lipinski definition) is 1. The molecule has 1 N–H and O–H groups in total. The highest BCUT2D eigenvalue weighted by molar-refractivity contribution is 8.17. The lowest BCUT2D eigenvalue weighted by atomic mass is 10.2. The van der Waals surface area contributed by atoms with Crippen LogP contribution in [0.1, 0.15) is 12.0 Å². The zero-order valence-electron chi connectivity index (χ0n) is 11.1. The van der Waals surface area contributed by atoms with E-state index in [2.05, 4.69) is 16.2 Å². The fourth-order valence-electron chi connectivity index (χ4n) is 1.35. The van der Waals surface area contributed by atoms with E-state index in [-0.39, 0.29) is 23.6 Å². The summed E-state index contributed by atoms with van der Waals surface area (Å²) in [7, 11) is 0. The molecule has 0 bridgehead atoms. The number of alkyl halides is 3. The van der Waals surface area contributed by atoms with Crippen LogP contribution in [0.2, 0.25) is 0 Å². The summed E-state index contributed by atoms with van der Waals surface area (Å²) in [6, 6.07) is 5.21. The fourth-order valence-corrected chi connectivity index (χ4v) is 2.10. The third kappa shape index (κ3) is 6.48. The van der Waals surface area contributed by atoms with Crippen LogP contribution in [0, 0.1) is 15.5 Å². The summed E-state index contributed by atoms with van der Waals surface area (Å²) < 4.78 is 40.7. The Morgan fingerprint density at radius 3 is 2.64 bits per heavy atom. The normalized spacial score (nSPS) is 10.9. The van der Waals surface area contributed by atoms with Gasteiger partial charge in [-0.25, -0.2) is 0 Å². The number of halogens is 3. The summed E-state index contributed by atoms with van der Waals surface area (Å²) in [6.07, 6.45) is -4.78. The number of benzene rings is 1. The van der Waals surface area contributed by atoms with Crippen molar-refractivity contribution >= 4 is 16.8 Å². The van der Waals surface area contributed by atoms with Gasteiger partial charge in [0.15, 0.2) is 0 Å². The molecule has 0 aliphatic carbocycles. The van der Waals surface area contributed by atoms with Crippen LogP contribution in [0.5, 0.6) is 5.75 Å². The summed E-state index contributed by atoms with van der Waals surface area (Å²) in [6.45, 7) is 3.33. The molecule has 0 aromatic heterocycles. The lowest BCUT2D eigenvalue weighted by molar-refractivity contribution is -0.757. The quantitative estimate of drug-likeness (QED) is 0.355. The van der Waals surface area contributed by atoms with E-state index in [0.29, 0.717) is 4.91 Å². The molecule has 120 valence electrons. The average molecular weight is 336 g/mol. The van der Waals surface area contributed by atoms with Crippen molar-refractivity contribution in [1.82, 2.24) is 0 Å². The zero-order chi connectivity index (χ0) is 16.8. The van der Waals surface area contributed by atoms with Crippen LogP contribution >= 0.6 is 11.8 Å². The Bertz CT molecular complexity index is 578. The van der Waals surface area contributed by atoms with E-state index in [4.69, 9.17) is 5.41 Å². The molecule has 22 heavy (non-hydrogen) atoms. The van der Waals surface area contributed by atoms with Crippen LogP contribution < -0.4 is 4.74 Å². The Labute approximate surface area is 127 Å². The predicted molar refractivity (Wildman–Crippen MR) is 74.2 cm³/mol. The van der Waals surface area contributed by atoms with Gasteiger partial charge in [0.05, 0.1) is 0 Å². The molecule has 1 rings (SSSR count). The van der Waals surface area contributed by atoms with Crippen molar-refractivity contribution in [3.63, 3.8) is 0 Å². The van der Waals surface area contributed by atoms with Crippen LogP contribution in [0.3, 0.4) is 0 Å². The number of nitrogens with zero attached hydrogens (tertiary/aromatic N) is 1. The Hall–Kier alpha value is -2.23. The van der Waals surface area contributed by atoms with Gasteiger partial charge in [-0.05, 0) is 17.0 Å². The van der Waals surface area contributed by atoms with E-state index in [1.54, 1.807) is 0 Å². The van der Waals surface area contributed by atoms with E-state index in [9.17, 15) is 23.3 Å². The van der Waals surface area contributed by atoms with E-state index < -0.39 is 17.2 Å². The molecule has 0 fully saturated rings. The van der Waals surface area contributed by atoms with Crippen LogP contribution in [-0.4, -0.2) is 23.1 Å². The molecule has 0 amide bonds. The van der Waals surface area contributed by atoms with Crippen molar-refractivity contribution < 1.29 is 27.8 Å². The summed E-state index contributed by atoms with van der Waals surface area (Å²) >= 11 is 0.783. The smallest absolute Gasteiger partial charge is 0.405 e. The number of thioether (sulfide) groups is 1. The van der Waals surface area contributed by atoms with Gasteiger partial charge in [0.1, 0.15) is 17.4 Å². The first-order chi connectivity index (χ1) is 10.2. The van der Waals surface area contributed by atoms with Crippen molar-refractivity contribution in [3.05, 3.63) is 51.4 Å². The van der Waals surface area contributed by atoms with E-state index in [1.807, 2.05) is 0 Å². The Morgan fingerprint density at radius 2 is 2.05 bits per heavy atom. The molecular weight excluding hydrogens is 325 g/mol. The summed E-state index contributed by atoms with van der Waals surface area (Å²) in [5.74, 6) is -0.498. The monoisotopic (exact) mass is 336 g/mol. The zero-order valence-corrected chi connectivity index (χ0v) is 11.9. The van der Waals surface area contributed by atoms with E-state index in [1.165, 1.54) is 18.2 Å². The van der Waals surface area contributed by atoms with Crippen molar-refractivity contribution in [1.29, 1.82) is 5.41 Å². The van der Waals surface area contributed by atoms with Crippen LogP contribution in [0.25, 0.3) is 0 Å². The number of nitrogens with one attached hydrogen (secondary N) is 1. The summed E-state index contributed by atoms with van der Waals surface area (Å²) in [5, 5.41) is 16.6. The number of hydrogen-bond acceptors (Lipinski definition) is 6. The Balaban J connectivity index is 2.69. The molecule has 0 saturated carbocycles. The topological polar surface area (TPSA) is 85.5 Å². The first kappa shape index (κ1) is 17.8. The van der Waals surface area contributed by atoms with Crippen LogP contribution in [0.4, 0.5) is 13.2 Å². The Kier molecular flexibility index (Phi) is 6.23. The summed E-state index contributed by atoms with van der Waals surface area (Å²) in [5.41, 5.74) is -0.0545. The molecule has 0 unspecified atom stereocenters. The van der Waals surface area contributed by atoms with Gasteiger partial charge >= 0.3 is 6.36 Å². The minimum absolute atomic E-state index is 0.0545. The Morgan fingerprint density at radius 1 is 1.41 bits per heavy atom. The van der Waals surface area contributed by atoms with Gasteiger partial charge in [0.2, 0.25) is 0 Å². The average Bonchev–Trinajstić information content (AvgIpc) is 2.36. The minimum Gasteiger partial charge on any atom is -0.405 e. The standard InChI is InChI=1S/C12H11F3N2O4S/c1-8(6-7-20-17(18)19)22-11(16)9-4-2-3-5-10(9)21-12(13,14)15/h2-5,16H,1,6-7H2. The molecule has 0 aliphatic heterocycles. The van der Waals surface area contributed by atoms with E-state index >= 15 is 0 Å². The lowest BCUT2D eigenvalue weighted by Crippen LogP contribution is -2.18. The molecule has 0 aliphatic rings. The van der Waals surface area contributed by atoms with Gasteiger partial charge < -0.3 is 9.57 Å². The molecule has 1 aromatic rings. The second kappa shape index (κ2) is 7.69. The largest absolute Gasteiger partial charge is 0.573 e. The van der Waals surface area contributed by atoms with Crippen molar-refractivity contribution in [2.24, 2.45) is 0 Å². The highest BCUT2D eigenvalue weighted by atomic mass is 32.2. The molecule has 0 radical (unpaired) electrons. The van der Waals surface area contributed by atoms with Gasteiger partial charge in [0, 0.05) is 12.0 Å². The third-order valence-electron chi connectivity index (χ3n) is 2.18. The third-order valence-corrected chi connectivity index (χ3v) is 3.10. The highest BCUT2D eigenvalue weighted by Gasteiger charge is 2.32. The highest BCUT2D eigenvalue weighted by Crippen LogP contribution is 2.31. The molecular formula is C12H11F3N2O4S. The fraction of sp³-hybridized carbons (Fsp3) is 0.250. The van der Waals surface area contributed by atoms with Gasteiger partial charge in [-0.1, -0.05) is 30.5 Å². The van der Waals surface area contributed by atoms with Gasteiger partial charge in [-0.15, -0.1) is 23.3 Å². The maximum Gasteiger partial charge on any atom is 0.573 e. The number of rotatable bonds is 7. The second-order valence-electron chi connectivity index (χ2n) is 3.82. The summed E-state index contributed by atoms with van der Waals surface area (Å²) in [4.78, 5) is 14.4. The van der Waals surface area contributed by atoms with Crippen molar-refractivity contribution in [2.45, 2.75) is 12.8 Å². The first-order valence-corrected chi connectivity index (χ1v) is 6.57. The number of para-hydroxylation sites is 1. The van der Waals surface area contributed by atoms with Crippen molar-refractivity contribution in [2.75, 3.05) is 6.61 Å². The molecule has 10 heteroatoms. The van der Waals surface area contributed by atoms with Crippen LogP contribution in [-0.2, 0) is 4.84 Å². The lowest BCUT2D eigenvalue weighted by Gasteiger charge is -2.13. The van der Waals surface area contributed by atoms with Gasteiger partial charge in [0.25, 0.3) is 5.09 Å². The number of ether oxygens (including phenoxy) is 1. The molecule has 0 spiro atoms. The SMILES string of the molecule is C=C(CCO[N+](=O)[O-])SC(=N)c1ccccc1OC(F)(F)F. The maximum absolute atomic E-state index is 12.3. The molecule has 0 heterocycles. The molecule has 0 atom stereocenters. The van der Waals surface area contributed by atoms with E-state index in [0.717, 1.165) is 17.8 Å². The minimum atomic E-state index is -4.86. The maximum atomic E-state index is 12.3. The second-order valence-corrected chi connectivity index (χ2v) is 5.01. The first-order valence-electron chi connectivity index (χ1n) is 5.75. The molecule has 6 nitrogen and oxygen atoms in total. The van der Waals surface area contributed by atoms with Gasteiger partial charge in [-0.2, -0.15) is 0 Å². The molecule has 1 aromatic carbocycles. The van der Waals surface area contributed by atoms with Gasteiger partial charge in [-0.3, -0.25) is 5.41 Å².